The Hall–Kier alpha value is -0.570. The minimum Gasteiger partial charge on any atom is -0.382 e. The highest BCUT2D eigenvalue weighted by atomic mass is 127. The van der Waals surface area contributed by atoms with E-state index in [0.29, 0.717) is 13.1 Å². The third kappa shape index (κ3) is 9.35. The number of aliphatic imine (C=N–C) groups is 1. The Labute approximate surface area is 138 Å². The van der Waals surface area contributed by atoms with Crippen LogP contribution < -0.4 is 16.0 Å². The van der Waals surface area contributed by atoms with E-state index in [1.165, 1.54) is 0 Å². The van der Waals surface area contributed by atoms with Crippen LogP contribution in [-0.4, -0.2) is 51.8 Å². The van der Waals surface area contributed by atoms with Crippen LogP contribution in [0.25, 0.3) is 0 Å². The summed E-state index contributed by atoms with van der Waals surface area (Å²) in [6, 6.07) is 0. The van der Waals surface area contributed by atoms with Gasteiger partial charge in [-0.25, -0.2) is 0 Å². The average Bonchev–Trinajstić information content (AvgIpc) is 3.25. The zero-order chi connectivity index (χ0) is 13.9. The fraction of sp³-hybridized carbons (Fsp3) is 0.846. The van der Waals surface area contributed by atoms with Gasteiger partial charge in [-0.15, -0.1) is 24.0 Å². The van der Waals surface area contributed by atoms with Gasteiger partial charge < -0.3 is 20.7 Å². The van der Waals surface area contributed by atoms with Crippen molar-refractivity contribution in [2.45, 2.75) is 26.2 Å². The third-order valence-electron chi connectivity index (χ3n) is 2.85. The van der Waals surface area contributed by atoms with Crippen molar-refractivity contribution in [2.24, 2.45) is 10.9 Å². The Kier molecular flexibility index (Phi) is 11.8. The van der Waals surface area contributed by atoms with E-state index < -0.39 is 0 Å². The van der Waals surface area contributed by atoms with E-state index in [0.717, 1.165) is 45.0 Å². The molecular formula is C13H27IN4O2. The van der Waals surface area contributed by atoms with Gasteiger partial charge >= 0.3 is 0 Å². The summed E-state index contributed by atoms with van der Waals surface area (Å²) in [5, 5.41) is 9.26. The quantitative estimate of drug-likeness (QED) is 0.232. The van der Waals surface area contributed by atoms with Crippen LogP contribution in [0, 0.1) is 5.92 Å². The molecule has 3 N–H and O–H groups in total. The Morgan fingerprint density at radius 3 is 2.45 bits per heavy atom. The van der Waals surface area contributed by atoms with Gasteiger partial charge in [-0.3, -0.25) is 9.79 Å². The highest BCUT2D eigenvalue weighted by Gasteiger charge is 2.28. The number of carbonyl (C=O) groups is 1. The van der Waals surface area contributed by atoms with Gasteiger partial charge in [0.1, 0.15) is 0 Å². The molecule has 0 radical (unpaired) electrons. The molecule has 0 aromatic heterocycles. The third-order valence-corrected chi connectivity index (χ3v) is 2.85. The van der Waals surface area contributed by atoms with Crippen LogP contribution in [0.3, 0.4) is 0 Å². The van der Waals surface area contributed by atoms with E-state index in [-0.39, 0.29) is 35.8 Å². The number of rotatable bonds is 9. The van der Waals surface area contributed by atoms with Gasteiger partial charge in [0.05, 0.1) is 0 Å². The lowest BCUT2D eigenvalue weighted by atomic mass is 10.4. The lowest BCUT2D eigenvalue weighted by Gasteiger charge is -2.12. The molecule has 1 rings (SSSR count). The second-order valence-corrected chi connectivity index (χ2v) is 4.54. The largest absolute Gasteiger partial charge is 0.382 e. The molecule has 7 heteroatoms. The van der Waals surface area contributed by atoms with Crippen LogP contribution in [0.5, 0.6) is 0 Å². The molecule has 118 valence electrons. The molecule has 0 saturated heterocycles. The average molecular weight is 398 g/mol. The molecule has 20 heavy (non-hydrogen) atoms. The van der Waals surface area contributed by atoms with Crippen LogP contribution in [0.2, 0.25) is 0 Å². The summed E-state index contributed by atoms with van der Waals surface area (Å²) in [5.74, 6) is 1.22. The van der Waals surface area contributed by atoms with E-state index in [2.05, 4.69) is 20.9 Å². The summed E-state index contributed by atoms with van der Waals surface area (Å²) in [4.78, 5) is 15.5. The first-order valence-electron chi connectivity index (χ1n) is 7.08. The van der Waals surface area contributed by atoms with Crippen molar-refractivity contribution in [3.05, 3.63) is 0 Å². The maximum absolute atomic E-state index is 11.4. The second kappa shape index (κ2) is 12.2. The van der Waals surface area contributed by atoms with Gasteiger partial charge in [0.25, 0.3) is 0 Å². The smallest absolute Gasteiger partial charge is 0.223 e. The number of halogens is 1. The predicted molar refractivity (Wildman–Crippen MR) is 91.6 cm³/mol. The van der Waals surface area contributed by atoms with Crippen LogP contribution in [0.15, 0.2) is 4.99 Å². The van der Waals surface area contributed by atoms with Gasteiger partial charge in [0.2, 0.25) is 5.91 Å². The SMILES string of the molecule is CCOCCCNC(=NC)NCCNC(=O)C1CC1.I. The topological polar surface area (TPSA) is 74.8 Å². The van der Waals surface area contributed by atoms with Crippen molar-refractivity contribution >= 4 is 35.8 Å². The van der Waals surface area contributed by atoms with Crippen molar-refractivity contribution < 1.29 is 9.53 Å². The van der Waals surface area contributed by atoms with Gasteiger partial charge in [0, 0.05) is 45.8 Å². The number of amides is 1. The fourth-order valence-electron chi connectivity index (χ4n) is 1.60. The summed E-state index contributed by atoms with van der Waals surface area (Å²) in [6.45, 7) is 5.65. The number of carbonyl (C=O) groups excluding carboxylic acids is 1. The molecular weight excluding hydrogens is 371 g/mol. The summed E-state index contributed by atoms with van der Waals surface area (Å²) >= 11 is 0. The molecule has 0 bridgehead atoms. The predicted octanol–water partition coefficient (Wildman–Crippen LogP) is 0.722. The van der Waals surface area contributed by atoms with Crippen LogP contribution in [0.1, 0.15) is 26.2 Å². The molecule has 1 amide bonds. The van der Waals surface area contributed by atoms with Gasteiger partial charge in [-0.2, -0.15) is 0 Å². The second-order valence-electron chi connectivity index (χ2n) is 4.54. The molecule has 0 aromatic carbocycles. The molecule has 1 aliphatic rings. The Balaban J connectivity index is 0.00000361. The zero-order valence-electron chi connectivity index (χ0n) is 12.4. The number of guanidine groups is 1. The maximum Gasteiger partial charge on any atom is 0.223 e. The highest BCUT2D eigenvalue weighted by molar-refractivity contribution is 14.0. The number of ether oxygens (including phenoxy) is 1. The standard InChI is InChI=1S/C13H26N4O2.HI/c1-3-19-10-4-7-16-13(14-2)17-9-8-15-12(18)11-5-6-11;/h11H,3-10H2,1-2H3,(H,15,18)(H2,14,16,17);1H. The van der Waals surface area contributed by atoms with E-state index >= 15 is 0 Å². The fourth-order valence-corrected chi connectivity index (χ4v) is 1.60. The molecule has 0 atom stereocenters. The number of nitrogens with zero attached hydrogens (tertiary/aromatic N) is 1. The molecule has 6 nitrogen and oxygen atoms in total. The molecule has 1 fully saturated rings. The minimum atomic E-state index is 0. The Morgan fingerprint density at radius 2 is 1.85 bits per heavy atom. The molecule has 1 aliphatic carbocycles. The maximum atomic E-state index is 11.4. The summed E-state index contributed by atoms with van der Waals surface area (Å²) in [7, 11) is 1.74. The van der Waals surface area contributed by atoms with Crippen molar-refractivity contribution in [3.8, 4) is 0 Å². The Bertz CT molecular complexity index is 296. The number of nitrogens with one attached hydrogen (secondary N) is 3. The van der Waals surface area contributed by atoms with E-state index in [1.807, 2.05) is 6.92 Å². The van der Waals surface area contributed by atoms with Gasteiger partial charge in [0.15, 0.2) is 5.96 Å². The van der Waals surface area contributed by atoms with E-state index in [9.17, 15) is 4.79 Å². The monoisotopic (exact) mass is 398 g/mol. The first kappa shape index (κ1) is 19.4. The van der Waals surface area contributed by atoms with Crippen molar-refractivity contribution in [1.82, 2.24) is 16.0 Å². The van der Waals surface area contributed by atoms with Crippen molar-refractivity contribution in [2.75, 3.05) is 39.9 Å². The van der Waals surface area contributed by atoms with Gasteiger partial charge in [-0.05, 0) is 26.2 Å². The first-order chi connectivity index (χ1) is 9.27. The van der Waals surface area contributed by atoms with Crippen LogP contribution in [-0.2, 0) is 9.53 Å². The van der Waals surface area contributed by atoms with E-state index in [4.69, 9.17) is 4.74 Å². The Morgan fingerprint density at radius 1 is 1.20 bits per heavy atom. The zero-order valence-corrected chi connectivity index (χ0v) is 14.7. The molecule has 0 aliphatic heterocycles. The lowest BCUT2D eigenvalue weighted by Crippen LogP contribution is -2.42. The van der Waals surface area contributed by atoms with Gasteiger partial charge in [-0.1, -0.05) is 0 Å². The highest BCUT2D eigenvalue weighted by Crippen LogP contribution is 2.28. The number of hydrogen-bond donors (Lipinski definition) is 3. The van der Waals surface area contributed by atoms with Crippen LogP contribution in [0.4, 0.5) is 0 Å². The molecule has 0 unspecified atom stereocenters. The van der Waals surface area contributed by atoms with Crippen molar-refractivity contribution in [3.63, 3.8) is 0 Å². The summed E-state index contributed by atoms with van der Waals surface area (Å²) in [6.07, 6.45) is 3.04. The summed E-state index contributed by atoms with van der Waals surface area (Å²) < 4.78 is 5.25. The summed E-state index contributed by atoms with van der Waals surface area (Å²) in [5.41, 5.74) is 0. The molecule has 0 aromatic rings. The molecule has 1 saturated carbocycles. The first-order valence-corrected chi connectivity index (χ1v) is 7.08. The normalized spacial score (nSPS) is 14.4. The number of hydrogen-bond acceptors (Lipinski definition) is 3. The molecule has 0 spiro atoms. The van der Waals surface area contributed by atoms with E-state index in [1.54, 1.807) is 7.05 Å². The van der Waals surface area contributed by atoms with Crippen LogP contribution >= 0.6 is 24.0 Å². The minimum absolute atomic E-state index is 0. The molecule has 0 heterocycles. The lowest BCUT2D eigenvalue weighted by molar-refractivity contribution is -0.122. The van der Waals surface area contributed by atoms with Crippen molar-refractivity contribution in [1.29, 1.82) is 0 Å².